The summed E-state index contributed by atoms with van der Waals surface area (Å²) in [5.41, 5.74) is 0.370. The van der Waals surface area contributed by atoms with Gasteiger partial charge in [-0.25, -0.2) is 18.4 Å². The summed E-state index contributed by atoms with van der Waals surface area (Å²) < 4.78 is 44.5. The molecule has 11 heteroatoms. The minimum absolute atomic E-state index is 0.0339. The number of ether oxygens (including phenoxy) is 3. The highest BCUT2D eigenvalue weighted by Crippen LogP contribution is 2.34. The molecule has 0 spiro atoms. The third-order valence-electron chi connectivity index (χ3n) is 7.14. The zero-order valence-corrected chi connectivity index (χ0v) is 22.5. The maximum atomic E-state index is 14.1. The summed E-state index contributed by atoms with van der Waals surface area (Å²) >= 11 is 0. The van der Waals surface area contributed by atoms with Gasteiger partial charge in [0.05, 0.1) is 19.8 Å². The molecule has 0 saturated carbocycles. The zero-order chi connectivity index (χ0) is 27.3. The molecule has 2 aliphatic rings. The van der Waals surface area contributed by atoms with Crippen LogP contribution in [0.1, 0.15) is 50.2 Å². The molecule has 2 fully saturated rings. The van der Waals surface area contributed by atoms with E-state index in [1.54, 1.807) is 4.90 Å². The Kier molecular flexibility index (Phi) is 12.5. The Morgan fingerprint density at radius 3 is 2.68 bits per heavy atom. The van der Waals surface area contributed by atoms with Crippen LogP contribution in [0.4, 0.5) is 18.4 Å². The summed E-state index contributed by atoms with van der Waals surface area (Å²) in [5.74, 6) is -1.15. The van der Waals surface area contributed by atoms with Crippen molar-refractivity contribution in [2.45, 2.75) is 50.7 Å². The molecule has 0 aromatic heterocycles. The van der Waals surface area contributed by atoms with E-state index in [4.69, 9.17) is 9.47 Å². The van der Waals surface area contributed by atoms with Gasteiger partial charge in [-0.15, -0.1) is 0 Å². The quantitative estimate of drug-likeness (QED) is 0.371. The number of rotatable bonds is 11. The second kappa shape index (κ2) is 15.8. The predicted octanol–water partition coefficient (Wildman–Crippen LogP) is 3.59. The zero-order valence-electron chi connectivity index (χ0n) is 22.5. The number of hydrogen-bond donors (Lipinski definition) is 3. The number of piperidine rings is 1. The van der Waals surface area contributed by atoms with Crippen LogP contribution >= 0.6 is 0 Å². The van der Waals surface area contributed by atoms with E-state index >= 15 is 0 Å². The Balaban J connectivity index is 1.65. The molecule has 0 radical (unpaired) electrons. The number of nitrogens with zero attached hydrogens (tertiary/aromatic N) is 1. The van der Waals surface area contributed by atoms with Gasteiger partial charge in [0.25, 0.3) is 0 Å². The number of likely N-dealkylation sites (tertiary alicyclic amines) is 1. The first kappa shape index (κ1) is 30.0. The Hall–Kier alpha value is -2.50. The second-order valence-corrected chi connectivity index (χ2v) is 10.1. The molecule has 1 aromatic rings. The standard InChI is InChI=1S/C27H42F2N4O5/c1-30-16-24(12-19-6-3-4-10-37-18-19)32-26(34)33-9-5-7-20(17-33)25(38-11-8-31-27(35)36-2)21-13-22(28)15-23(29)14-21/h13-15,19-20,24-25,30H,3-12,16-18H2,1-2H3,(H,31,35)(H,32,34)/t19-,20-,24+,25?/m1/s1. The summed E-state index contributed by atoms with van der Waals surface area (Å²) in [5, 5.41) is 8.91. The van der Waals surface area contributed by atoms with E-state index in [2.05, 4.69) is 20.7 Å². The summed E-state index contributed by atoms with van der Waals surface area (Å²) in [7, 11) is 3.14. The van der Waals surface area contributed by atoms with E-state index in [1.807, 2.05) is 7.05 Å². The molecular formula is C27H42F2N4O5. The molecule has 0 aliphatic carbocycles. The number of hydrogen-bond acceptors (Lipinski definition) is 6. The molecule has 1 aromatic carbocycles. The molecule has 0 bridgehead atoms. The van der Waals surface area contributed by atoms with Gasteiger partial charge in [-0.2, -0.15) is 0 Å². The fourth-order valence-electron chi connectivity index (χ4n) is 5.36. The number of amides is 3. The number of carbonyl (C=O) groups excluding carboxylic acids is 2. The Labute approximate surface area is 223 Å². The number of alkyl carbamates (subject to hydrolysis) is 1. The van der Waals surface area contributed by atoms with Crippen LogP contribution in [0.15, 0.2) is 18.2 Å². The van der Waals surface area contributed by atoms with E-state index in [-0.39, 0.29) is 31.1 Å². The van der Waals surface area contributed by atoms with Crippen molar-refractivity contribution in [1.82, 2.24) is 20.9 Å². The fraction of sp³-hybridized carbons (Fsp3) is 0.704. The van der Waals surface area contributed by atoms with Crippen LogP contribution in [0.2, 0.25) is 0 Å². The average Bonchev–Trinajstić information content (AvgIpc) is 3.16. The maximum absolute atomic E-state index is 14.1. The summed E-state index contributed by atoms with van der Waals surface area (Å²) in [4.78, 5) is 26.4. The SMILES string of the molecule is CNC[C@H](C[C@H]1CCCCOC1)NC(=O)N1CCC[C@@H](C(OCCNC(=O)OC)c2cc(F)cc(F)c2)C1. The number of nitrogens with one attached hydrogen (secondary N) is 3. The number of carbonyl (C=O) groups is 2. The van der Waals surface area contributed by atoms with Crippen molar-refractivity contribution in [2.24, 2.45) is 11.8 Å². The fourth-order valence-corrected chi connectivity index (χ4v) is 5.36. The molecule has 1 unspecified atom stereocenters. The van der Waals surface area contributed by atoms with Gasteiger partial charge in [0.1, 0.15) is 11.6 Å². The number of likely N-dealkylation sites (N-methyl/N-ethyl adjacent to an activating group) is 1. The monoisotopic (exact) mass is 540 g/mol. The highest BCUT2D eigenvalue weighted by atomic mass is 19.1. The molecular weight excluding hydrogens is 498 g/mol. The molecule has 2 heterocycles. The molecule has 214 valence electrons. The molecule has 3 N–H and O–H groups in total. The minimum Gasteiger partial charge on any atom is -0.453 e. The number of halogens is 2. The average molecular weight is 541 g/mol. The Morgan fingerprint density at radius 2 is 1.95 bits per heavy atom. The van der Waals surface area contributed by atoms with Crippen LogP contribution in [0.5, 0.6) is 0 Å². The summed E-state index contributed by atoms with van der Waals surface area (Å²) in [6.45, 7) is 3.44. The third-order valence-corrected chi connectivity index (χ3v) is 7.14. The van der Waals surface area contributed by atoms with Gasteiger partial charge >= 0.3 is 12.1 Å². The molecule has 3 amide bonds. The van der Waals surface area contributed by atoms with Crippen molar-refractivity contribution in [3.8, 4) is 0 Å². The first-order valence-corrected chi connectivity index (χ1v) is 13.6. The van der Waals surface area contributed by atoms with Gasteiger partial charge in [0, 0.05) is 57.4 Å². The van der Waals surface area contributed by atoms with Crippen LogP contribution < -0.4 is 16.0 Å². The smallest absolute Gasteiger partial charge is 0.406 e. The lowest BCUT2D eigenvalue weighted by atomic mass is 9.88. The van der Waals surface area contributed by atoms with E-state index < -0.39 is 23.8 Å². The van der Waals surface area contributed by atoms with E-state index in [9.17, 15) is 18.4 Å². The first-order valence-electron chi connectivity index (χ1n) is 13.6. The summed E-state index contributed by atoms with van der Waals surface area (Å²) in [6, 6.07) is 3.16. The lowest BCUT2D eigenvalue weighted by Gasteiger charge is -2.38. The molecule has 9 nitrogen and oxygen atoms in total. The van der Waals surface area contributed by atoms with Crippen LogP contribution in [0, 0.1) is 23.5 Å². The lowest BCUT2D eigenvalue weighted by molar-refractivity contribution is -0.00899. The van der Waals surface area contributed by atoms with E-state index in [0.29, 0.717) is 31.1 Å². The summed E-state index contributed by atoms with van der Waals surface area (Å²) in [6.07, 6.45) is 4.38. The molecule has 4 atom stereocenters. The molecule has 3 rings (SSSR count). The van der Waals surface area contributed by atoms with Crippen LogP contribution in [-0.4, -0.2) is 83.2 Å². The maximum Gasteiger partial charge on any atom is 0.406 e. The normalized spacial score (nSPS) is 21.7. The molecule has 2 saturated heterocycles. The van der Waals surface area contributed by atoms with Gasteiger partial charge in [0.2, 0.25) is 0 Å². The number of urea groups is 1. The number of benzene rings is 1. The van der Waals surface area contributed by atoms with Crippen molar-refractivity contribution in [3.05, 3.63) is 35.4 Å². The van der Waals surface area contributed by atoms with Gasteiger partial charge < -0.3 is 35.1 Å². The van der Waals surface area contributed by atoms with Gasteiger partial charge in [-0.1, -0.05) is 6.42 Å². The minimum atomic E-state index is -0.691. The van der Waals surface area contributed by atoms with Crippen molar-refractivity contribution in [1.29, 1.82) is 0 Å². The van der Waals surface area contributed by atoms with Gasteiger partial charge in [-0.05, 0) is 62.8 Å². The van der Waals surface area contributed by atoms with Crippen molar-refractivity contribution in [3.63, 3.8) is 0 Å². The van der Waals surface area contributed by atoms with Gasteiger partial charge in [-0.3, -0.25) is 0 Å². The van der Waals surface area contributed by atoms with Gasteiger partial charge in [0.15, 0.2) is 0 Å². The largest absolute Gasteiger partial charge is 0.453 e. The first-order chi connectivity index (χ1) is 18.4. The van der Waals surface area contributed by atoms with Crippen molar-refractivity contribution >= 4 is 12.1 Å². The van der Waals surface area contributed by atoms with Crippen LogP contribution in [0.25, 0.3) is 0 Å². The third kappa shape index (κ3) is 9.67. The second-order valence-electron chi connectivity index (χ2n) is 10.1. The van der Waals surface area contributed by atoms with E-state index in [0.717, 1.165) is 57.8 Å². The molecule has 38 heavy (non-hydrogen) atoms. The predicted molar refractivity (Wildman–Crippen MR) is 139 cm³/mol. The van der Waals surface area contributed by atoms with Crippen LogP contribution in [-0.2, 0) is 14.2 Å². The highest BCUT2D eigenvalue weighted by molar-refractivity contribution is 5.74. The van der Waals surface area contributed by atoms with Crippen molar-refractivity contribution in [2.75, 3.05) is 60.2 Å². The molecule has 2 aliphatic heterocycles. The Bertz CT molecular complexity index is 865. The topological polar surface area (TPSA) is 101 Å². The van der Waals surface area contributed by atoms with Crippen molar-refractivity contribution < 1.29 is 32.6 Å². The van der Waals surface area contributed by atoms with E-state index in [1.165, 1.54) is 19.2 Å². The Morgan fingerprint density at radius 1 is 1.16 bits per heavy atom. The lowest BCUT2D eigenvalue weighted by Crippen LogP contribution is -2.52. The number of methoxy groups -OCH3 is 1. The highest BCUT2D eigenvalue weighted by Gasteiger charge is 2.32. The van der Waals surface area contributed by atoms with Crippen LogP contribution in [0.3, 0.4) is 0 Å².